The second kappa shape index (κ2) is 7.36. The van der Waals surface area contributed by atoms with Gasteiger partial charge in [0.15, 0.2) is 0 Å². The SMILES string of the molecule is COC[C@@H](O)CNCc1ccc(-c2cccc(F)c2C)o1. The number of ether oxygens (including phenoxy) is 1. The highest BCUT2D eigenvalue weighted by Gasteiger charge is 2.10. The number of furan rings is 1. The Hall–Kier alpha value is -1.69. The highest BCUT2D eigenvalue weighted by Crippen LogP contribution is 2.26. The number of rotatable bonds is 7. The maximum absolute atomic E-state index is 13.5. The van der Waals surface area contributed by atoms with Gasteiger partial charge in [-0.25, -0.2) is 4.39 Å². The monoisotopic (exact) mass is 293 g/mol. The van der Waals surface area contributed by atoms with E-state index in [2.05, 4.69) is 5.32 Å². The predicted octanol–water partition coefficient (Wildman–Crippen LogP) is 2.49. The molecule has 1 atom stereocenters. The van der Waals surface area contributed by atoms with Crippen molar-refractivity contribution in [3.63, 3.8) is 0 Å². The van der Waals surface area contributed by atoms with Crippen molar-refractivity contribution in [2.24, 2.45) is 0 Å². The molecule has 21 heavy (non-hydrogen) atoms. The number of hydrogen-bond donors (Lipinski definition) is 2. The molecule has 114 valence electrons. The van der Waals surface area contributed by atoms with E-state index in [1.165, 1.54) is 6.07 Å². The molecule has 0 unspecified atom stereocenters. The lowest BCUT2D eigenvalue weighted by atomic mass is 10.1. The molecule has 0 radical (unpaired) electrons. The summed E-state index contributed by atoms with van der Waals surface area (Å²) in [6, 6.07) is 8.59. The van der Waals surface area contributed by atoms with Gasteiger partial charge in [0.05, 0.1) is 19.3 Å². The third kappa shape index (κ3) is 4.14. The number of halogens is 1. The van der Waals surface area contributed by atoms with Crippen LogP contribution in [0.4, 0.5) is 4.39 Å². The molecule has 4 nitrogen and oxygen atoms in total. The Morgan fingerprint density at radius 2 is 2.14 bits per heavy atom. The Bertz CT molecular complexity index is 583. The van der Waals surface area contributed by atoms with Gasteiger partial charge in [0.1, 0.15) is 17.3 Å². The van der Waals surface area contributed by atoms with Crippen LogP contribution in [0.3, 0.4) is 0 Å². The van der Waals surface area contributed by atoms with E-state index < -0.39 is 6.10 Å². The highest BCUT2D eigenvalue weighted by atomic mass is 19.1. The van der Waals surface area contributed by atoms with E-state index in [9.17, 15) is 9.50 Å². The van der Waals surface area contributed by atoms with Crippen molar-refractivity contribution in [1.29, 1.82) is 0 Å². The van der Waals surface area contributed by atoms with Crippen molar-refractivity contribution < 1.29 is 18.7 Å². The average molecular weight is 293 g/mol. The molecule has 2 rings (SSSR count). The first-order valence-corrected chi connectivity index (χ1v) is 6.83. The van der Waals surface area contributed by atoms with Crippen molar-refractivity contribution >= 4 is 0 Å². The van der Waals surface area contributed by atoms with Crippen LogP contribution in [0, 0.1) is 12.7 Å². The van der Waals surface area contributed by atoms with Crippen molar-refractivity contribution in [3.8, 4) is 11.3 Å². The van der Waals surface area contributed by atoms with Crippen molar-refractivity contribution in [1.82, 2.24) is 5.32 Å². The third-order valence-corrected chi connectivity index (χ3v) is 3.23. The lowest BCUT2D eigenvalue weighted by Gasteiger charge is -2.09. The zero-order valence-corrected chi connectivity index (χ0v) is 12.2. The quantitative estimate of drug-likeness (QED) is 0.823. The summed E-state index contributed by atoms with van der Waals surface area (Å²) in [6.07, 6.45) is -0.546. The molecule has 0 saturated carbocycles. The van der Waals surface area contributed by atoms with Gasteiger partial charge in [-0.1, -0.05) is 12.1 Å². The summed E-state index contributed by atoms with van der Waals surface area (Å²) in [6.45, 7) is 2.93. The third-order valence-electron chi connectivity index (χ3n) is 3.23. The van der Waals surface area contributed by atoms with Crippen LogP contribution in [0.15, 0.2) is 34.7 Å². The molecular weight excluding hydrogens is 273 g/mol. The summed E-state index contributed by atoms with van der Waals surface area (Å²) in [5, 5.41) is 12.6. The van der Waals surface area contributed by atoms with E-state index in [1.54, 1.807) is 20.1 Å². The zero-order valence-electron chi connectivity index (χ0n) is 12.2. The first kappa shape index (κ1) is 15.7. The van der Waals surface area contributed by atoms with Gasteiger partial charge in [0.2, 0.25) is 0 Å². The highest BCUT2D eigenvalue weighted by molar-refractivity contribution is 5.62. The number of nitrogens with one attached hydrogen (secondary N) is 1. The van der Waals surface area contributed by atoms with E-state index >= 15 is 0 Å². The van der Waals surface area contributed by atoms with Gasteiger partial charge in [-0.3, -0.25) is 0 Å². The molecule has 0 aliphatic carbocycles. The Labute approximate surface area is 123 Å². The van der Waals surface area contributed by atoms with Crippen LogP contribution in [0.5, 0.6) is 0 Å². The average Bonchev–Trinajstić information content (AvgIpc) is 2.91. The molecule has 0 spiro atoms. The molecule has 2 aromatic rings. The lowest BCUT2D eigenvalue weighted by molar-refractivity contribution is 0.0641. The molecule has 1 aromatic carbocycles. The lowest BCUT2D eigenvalue weighted by Crippen LogP contribution is -2.29. The molecule has 0 aliphatic heterocycles. The maximum atomic E-state index is 13.5. The van der Waals surface area contributed by atoms with Gasteiger partial charge >= 0.3 is 0 Å². The summed E-state index contributed by atoms with van der Waals surface area (Å²) in [4.78, 5) is 0. The topological polar surface area (TPSA) is 54.6 Å². The summed E-state index contributed by atoms with van der Waals surface area (Å²) in [5.41, 5.74) is 1.32. The minimum atomic E-state index is -0.546. The molecule has 5 heteroatoms. The van der Waals surface area contributed by atoms with E-state index in [4.69, 9.17) is 9.15 Å². The molecule has 0 saturated heterocycles. The molecular formula is C16H20FNO3. The molecule has 1 heterocycles. The second-order valence-electron chi connectivity index (χ2n) is 4.92. The van der Waals surface area contributed by atoms with Gasteiger partial charge in [0.25, 0.3) is 0 Å². The number of aliphatic hydroxyl groups is 1. The Morgan fingerprint density at radius 3 is 2.90 bits per heavy atom. The normalized spacial score (nSPS) is 12.6. The summed E-state index contributed by atoms with van der Waals surface area (Å²) >= 11 is 0. The largest absolute Gasteiger partial charge is 0.460 e. The number of hydrogen-bond acceptors (Lipinski definition) is 4. The molecule has 0 bridgehead atoms. The molecule has 2 N–H and O–H groups in total. The molecule has 1 aromatic heterocycles. The van der Waals surface area contributed by atoms with Gasteiger partial charge in [-0.15, -0.1) is 0 Å². The number of aliphatic hydroxyl groups excluding tert-OH is 1. The standard InChI is InChI=1S/C16H20FNO3/c1-11-14(4-3-5-15(11)17)16-7-6-13(21-16)9-18-8-12(19)10-20-2/h3-7,12,18-19H,8-10H2,1-2H3/t12-/m0/s1. The first-order valence-electron chi connectivity index (χ1n) is 6.83. The predicted molar refractivity (Wildman–Crippen MR) is 78.4 cm³/mol. The van der Waals surface area contributed by atoms with Crippen LogP contribution < -0.4 is 5.32 Å². The van der Waals surface area contributed by atoms with Gasteiger partial charge in [-0.05, 0) is 30.7 Å². The fraction of sp³-hybridized carbons (Fsp3) is 0.375. The van der Waals surface area contributed by atoms with E-state index in [0.29, 0.717) is 31.0 Å². The molecule has 0 fully saturated rings. The maximum Gasteiger partial charge on any atom is 0.134 e. The minimum Gasteiger partial charge on any atom is -0.460 e. The zero-order chi connectivity index (χ0) is 15.2. The van der Waals surface area contributed by atoms with E-state index in [1.807, 2.05) is 18.2 Å². The Balaban J connectivity index is 1.97. The van der Waals surface area contributed by atoms with Gasteiger partial charge in [0, 0.05) is 19.2 Å². The summed E-state index contributed by atoms with van der Waals surface area (Å²) in [5.74, 6) is 1.13. The van der Waals surface area contributed by atoms with Gasteiger partial charge < -0.3 is 19.6 Å². The van der Waals surface area contributed by atoms with Crippen LogP contribution in [-0.2, 0) is 11.3 Å². The van der Waals surface area contributed by atoms with Crippen LogP contribution in [0.2, 0.25) is 0 Å². The van der Waals surface area contributed by atoms with Crippen LogP contribution in [0.1, 0.15) is 11.3 Å². The fourth-order valence-electron chi connectivity index (χ4n) is 2.11. The number of benzene rings is 1. The van der Waals surface area contributed by atoms with E-state index in [-0.39, 0.29) is 5.82 Å². The van der Waals surface area contributed by atoms with Crippen LogP contribution >= 0.6 is 0 Å². The molecule has 0 aliphatic rings. The van der Waals surface area contributed by atoms with Gasteiger partial charge in [-0.2, -0.15) is 0 Å². The number of methoxy groups -OCH3 is 1. The van der Waals surface area contributed by atoms with Crippen molar-refractivity contribution in [3.05, 3.63) is 47.5 Å². The summed E-state index contributed by atoms with van der Waals surface area (Å²) in [7, 11) is 1.54. The van der Waals surface area contributed by atoms with Crippen molar-refractivity contribution in [2.45, 2.75) is 19.6 Å². The second-order valence-corrected chi connectivity index (χ2v) is 4.92. The Morgan fingerprint density at radius 1 is 1.33 bits per heavy atom. The Kier molecular flexibility index (Phi) is 5.50. The first-order chi connectivity index (χ1) is 10.1. The van der Waals surface area contributed by atoms with E-state index in [0.717, 1.165) is 11.3 Å². The van der Waals surface area contributed by atoms with Crippen LogP contribution in [0.25, 0.3) is 11.3 Å². The fourth-order valence-corrected chi connectivity index (χ4v) is 2.11. The molecule has 0 amide bonds. The summed E-state index contributed by atoms with van der Waals surface area (Å²) < 4.78 is 24.1. The smallest absolute Gasteiger partial charge is 0.134 e. The van der Waals surface area contributed by atoms with Crippen LogP contribution in [-0.4, -0.2) is 31.5 Å². The van der Waals surface area contributed by atoms with Crippen molar-refractivity contribution in [2.75, 3.05) is 20.3 Å². The minimum absolute atomic E-state index is 0.244.